The van der Waals surface area contributed by atoms with Gasteiger partial charge in [-0.3, -0.25) is 4.79 Å². The Balaban J connectivity index is 2.67. The van der Waals surface area contributed by atoms with Crippen LogP contribution < -0.4 is 0 Å². The maximum absolute atomic E-state index is 11.9. The van der Waals surface area contributed by atoms with Gasteiger partial charge in [-0.15, -0.1) is 0 Å². The Morgan fingerprint density at radius 3 is 2.79 bits per heavy atom. The summed E-state index contributed by atoms with van der Waals surface area (Å²) in [5.41, 5.74) is 0. The van der Waals surface area contributed by atoms with Crippen LogP contribution in [-0.4, -0.2) is 34.5 Å². The molecule has 110 valence electrons. The van der Waals surface area contributed by atoms with Crippen LogP contribution in [0.3, 0.4) is 0 Å². The maximum atomic E-state index is 11.9. The first-order chi connectivity index (χ1) is 9.06. The van der Waals surface area contributed by atoms with E-state index in [4.69, 9.17) is 4.74 Å². The Morgan fingerprint density at radius 2 is 2.11 bits per heavy atom. The van der Waals surface area contributed by atoms with E-state index in [-0.39, 0.29) is 0 Å². The van der Waals surface area contributed by atoms with Crippen LogP contribution in [0.5, 0.6) is 0 Å². The number of hydrogen-bond donors (Lipinski definition) is 2. The van der Waals surface area contributed by atoms with Crippen molar-refractivity contribution in [3.8, 4) is 0 Å². The molecule has 0 saturated carbocycles. The number of ether oxygens (including phenoxy) is 1. The maximum Gasteiger partial charge on any atom is 0.311 e. The molecular formula is C15H26O4. The summed E-state index contributed by atoms with van der Waals surface area (Å²) in [5.74, 6) is -1.02. The molecular weight excluding hydrogens is 244 g/mol. The summed E-state index contributed by atoms with van der Waals surface area (Å²) in [6.07, 6.45) is 6.60. The van der Waals surface area contributed by atoms with Crippen LogP contribution in [0, 0.1) is 5.92 Å². The molecule has 0 fully saturated rings. The monoisotopic (exact) mass is 270 g/mol. The van der Waals surface area contributed by atoms with Gasteiger partial charge in [-0.25, -0.2) is 0 Å². The van der Waals surface area contributed by atoms with Crippen molar-refractivity contribution in [1.29, 1.82) is 0 Å². The molecule has 0 aromatic rings. The Labute approximate surface area is 115 Å². The lowest BCUT2D eigenvalue weighted by molar-refractivity contribution is -0.163. The molecule has 0 saturated heterocycles. The highest BCUT2D eigenvalue weighted by molar-refractivity contribution is 5.73. The zero-order valence-electron chi connectivity index (χ0n) is 11.9. The fraction of sp³-hybridized carbons (Fsp3) is 0.800. The van der Waals surface area contributed by atoms with E-state index in [9.17, 15) is 15.0 Å². The van der Waals surface area contributed by atoms with Gasteiger partial charge in [-0.2, -0.15) is 0 Å². The second-order valence-corrected chi connectivity index (χ2v) is 5.32. The summed E-state index contributed by atoms with van der Waals surface area (Å²) in [6, 6.07) is 0. The standard InChI is InChI=1S/C15H26O4/c1-3-4-5-10-14-13(17)9-7-6-8-12(16)11(2)15(18)19-14/h6,8,11-14,16-17H,3-5,7,9-10H2,1-2H3/b8-6+/t11-,12-,13+,14-/m1/s1. The average Bonchev–Trinajstić information content (AvgIpc) is 2.40. The predicted molar refractivity (Wildman–Crippen MR) is 73.6 cm³/mol. The molecule has 0 aromatic heterocycles. The lowest BCUT2D eigenvalue weighted by atomic mass is 9.98. The topological polar surface area (TPSA) is 66.8 Å². The molecule has 4 atom stereocenters. The van der Waals surface area contributed by atoms with E-state index in [1.165, 1.54) is 0 Å². The van der Waals surface area contributed by atoms with E-state index >= 15 is 0 Å². The van der Waals surface area contributed by atoms with Gasteiger partial charge in [0.1, 0.15) is 6.10 Å². The molecule has 0 unspecified atom stereocenters. The fourth-order valence-corrected chi connectivity index (χ4v) is 2.18. The van der Waals surface area contributed by atoms with Gasteiger partial charge in [0.15, 0.2) is 0 Å². The van der Waals surface area contributed by atoms with Crippen molar-refractivity contribution in [2.75, 3.05) is 0 Å². The van der Waals surface area contributed by atoms with Crippen LogP contribution in [0.4, 0.5) is 0 Å². The predicted octanol–water partition coefficient (Wildman–Crippen LogP) is 2.19. The summed E-state index contributed by atoms with van der Waals surface area (Å²) >= 11 is 0. The fourth-order valence-electron chi connectivity index (χ4n) is 2.18. The molecule has 0 amide bonds. The molecule has 0 aromatic carbocycles. The third kappa shape index (κ3) is 5.33. The number of allylic oxidation sites excluding steroid dienone is 1. The van der Waals surface area contributed by atoms with Gasteiger partial charge < -0.3 is 14.9 Å². The van der Waals surface area contributed by atoms with Gasteiger partial charge in [0.05, 0.1) is 18.1 Å². The van der Waals surface area contributed by atoms with E-state index < -0.39 is 30.2 Å². The summed E-state index contributed by atoms with van der Waals surface area (Å²) in [6.45, 7) is 3.76. The van der Waals surface area contributed by atoms with Gasteiger partial charge in [0.25, 0.3) is 0 Å². The number of esters is 1. The number of hydrogen-bond acceptors (Lipinski definition) is 4. The van der Waals surface area contributed by atoms with E-state index in [0.717, 1.165) is 19.3 Å². The molecule has 2 N–H and O–H groups in total. The van der Waals surface area contributed by atoms with Gasteiger partial charge >= 0.3 is 5.97 Å². The Hall–Kier alpha value is -0.870. The molecule has 4 heteroatoms. The highest BCUT2D eigenvalue weighted by Crippen LogP contribution is 2.19. The van der Waals surface area contributed by atoms with Crippen LogP contribution in [0.1, 0.15) is 52.4 Å². The Bertz CT molecular complexity index is 301. The number of rotatable bonds is 4. The highest BCUT2D eigenvalue weighted by atomic mass is 16.6. The molecule has 0 spiro atoms. The summed E-state index contributed by atoms with van der Waals surface area (Å²) < 4.78 is 5.39. The summed E-state index contributed by atoms with van der Waals surface area (Å²) in [7, 11) is 0. The number of aliphatic hydroxyl groups excluding tert-OH is 2. The lowest BCUT2D eigenvalue weighted by Gasteiger charge is -2.26. The smallest absolute Gasteiger partial charge is 0.311 e. The normalized spacial score (nSPS) is 34.6. The van der Waals surface area contributed by atoms with Crippen molar-refractivity contribution in [2.45, 2.75) is 70.7 Å². The Kier molecular flexibility index (Phi) is 7.10. The average molecular weight is 270 g/mol. The minimum atomic E-state index is -0.806. The number of cyclic esters (lactones) is 1. The van der Waals surface area contributed by atoms with Crippen molar-refractivity contribution in [3.63, 3.8) is 0 Å². The molecule has 0 aliphatic carbocycles. The summed E-state index contributed by atoms with van der Waals surface area (Å²) in [4.78, 5) is 11.9. The molecule has 1 heterocycles. The van der Waals surface area contributed by atoms with Crippen molar-refractivity contribution in [1.82, 2.24) is 0 Å². The van der Waals surface area contributed by atoms with Crippen molar-refractivity contribution >= 4 is 5.97 Å². The van der Waals surface area contributed by atoms with Gasteiger partial charge in [0, 0.05) is 0 Å². The molecule has 19 heavy (non-hydrogen) atoms. The third-order valence-corrected chi connectivity index (χ3v) is 3.64. The molecule has 0 radical (unpaired) electrons. The number of carbonyl (C=O) groups excluding carboxylic acids is 1. The zero-order valence-corrected chi connectivity index (χ0v) is 11.9. The molecule has 0 bridgehead atoms. The van der Waals surface area contributed by atoms with Crippen LogP contribution in [0.15, 0.2) is 12.2 Å². The van der Waals surface area contributed by atoms with E-state index in [1.54, 1.807) is 13.0 Å². The first kappa shape index (κ1) is 16.2. The molecule has 1 aliphatic rings. The van der Waals surface area contributed by atoms with Crippen molar-refractivity contribution in [3.05, 3.63) is 12.2 Å². The van der Waals surface area contributed by atoms with Crippen LogP contribution in [0.2, 0.25) is 0 Å². The summed E-state index contributed by atoms with van der Waals surface area (Å²) in [5, 5.41) is 19.9. The van der Waals surface area contributed by atoms with Crippen LogP contribution in [-0.2, 0) is 9.53 Å². The quantitative estimate of drug-likeness (QED) is 0.467. The van der Waals surface area contributed by atoms with Gasteiger partial charge in [-0.1, -0.05) is 31.9 Å². The zero-order chi connectivity index (χ0) is 14.3. The molecule has 1 rings (SSSR count). The lowest BCUT2D eigenvalue weighted by Crippen LogP contribution is -2.36. The van der Waals surface area contributed by atoms with Crippen LogP contribution in [0.25, 0.3) is 0 Å². The number of aliphatic hydroxyl groups is 2. The minimum absolute atomic E-state index is 0.431. The highest BCUT2D eigenvalue weighted by Gasteiger charge is 2.28. The second-order valence-electron chi connectivity index (χ2n) is 5.32. The van der Waals surface area contributed by atoms with Crippen LogP contribution >= 0.6 is 0 Å². The van der Waals surface area contributed by atoms with Gasteiger partial charge in [0.2, 0.25) is 0 Å². The molecule has 1 aliphatic heterocycles. The first-order valence-electron chi connectivity index (χ1n) is 7.29. The minimum Gasteiger partial charge on any atom is -0.459 e. The van der Waals surface area contributed by atoms with Crippen molar-refractivity contribution in [2.24, 2.45) is 5.92 Å². The molecule has 4 nitrogen and oxygen atoms in total. The van der Waals surface area contributed by atoms with Crippen molar-refractivity contribution < 1.29 is 19.7 Å². The number of carbonyl (C=O) groups is 1. The number of unbranched alkanes of at least 4 members (excludes halogenated alkanes) is 2. The van der Waals surface area contributed by atoms with E-state index in [2.05, 4.69) is 6.92 Å². The SMILES string of the molecule is CCCCC[C@H]1OC(=O)[C@H](C)[C@H](O)/C=C/CC[C@@H]1O. The van der Waals surface area contributed by atoms with E-state index in [1.807, 2.05) is 6.08 Å². The van der Waals surface area contributed by atoms with E-state index in [0.29, 0.717) is 19.3 Å². The third-order valence-electron chi connectivity index (χ3n) is 3.64. The van der Waals surface area contributed by atoms with Gasteiger partial charge in [-0.05, 0) is 32.6 Å². The second kappa shape index (κ2) is 8.33. The Morgan fingerprint density at radius 1 is 1.37 bits per heavy atom. The largest absolute Gasteiger partial charge is 0.459 e. The first-order valence-corrected chi connectivity index (χ1v) is 7.29.